The van der Waals surface area contributed by atoms with E-state index in [1.165, 1.54) is 5.56 Å². The lowest BCUT2D eigenvalue weighted by Gasteiger charge is -2.29. The van der Waals surface area contributed by atoms with Gasteiger partial charge in [0.1, 0.15) is 0 Å². The van der Waals surface area contributed by atoms with Crippen molar-refractivity contribution in [2.24, 2.45) is 5.92 Å². The largest absolute Gasteiger partial charge is 0.308 e. The molecule has 0 bridgehead atoms. The maximum Gasteiger partial charge on any atom is 0.0406 e. The zero-order valence-electron chi connectivity index (χ0n) is 12.1. The minimum atomic E-state index is 0.342. The van der Waals surface area contributed by atoms with E-state index in [0.29, 0.717) is 18.0 Å². The van der Waals surface area contributed by atoms with Crippen molar-refractivity contribution in [3.05, 3.63) is 34.9 Å². The molecule has 0 saturated carbocycles. The third kappa shape index (κ3) is 4.97. The van der Waals surface area contributed by atoms with Crippen molar-refractivity contribution in [2.75, 3.05) is 20.6 Å². The predicted octanol–water partition coefficient (Wildman–Crippen LogP) is 3.58. The lowest BCUT2D eigenvalue weighted by atomic mass is 10.0. The van der Waals surface area contributed by atoms with E-state index in [0.717, 1.165) is 11.6 Å². The Hall–Kier alpha value is -0.570. The zero-order valence-corrected chi connectivity index (χ0v) is 12.8. The topological polar surface area (TPSA) is 15.3 Å². The normalized spacial score (nSPS) is 15.1. The highest BCUT2D eigenvalue weighted by Gasteiger charge is 2.17. The first-order valence-corrected chi connectivity index (χ1v) is 6.94. The highest BCUT2D eigenvalue weighted by atomic mass is 35.5. The maximum atomic E-state index is 5.91. The van der Waals surface area contributed by atoms with E-state index in [1.54, 1.807) is 0 Å². The highest BCUT2D eigenvalue weighted by Crippen LogP contribution is 2.18. The SMILES string of the molecule is CC(NC(CN(C)C)C(C)C)c1ccc(Cl)cc1. The van der Waals surface area contributed by atoms with Gasteiger partial charge in [-0.2, -0.15) is 0 Å². The molecule has 1 aromatic rings. The molecule has 2 atom stereocenters. The summed E-state index contributed by atoms with van der Waals surface area (Å²) in [6.45, 7) is 7.77. The van der Waals surface area contributed by atoms with E-state index in [1.807, 2.05) is 12.1 Å². The molecule has 0 aliphatic rings. The molecule has 1 N–H and O–H groups in total. The first-order chi connectivity index (χ1) is 8.40. The van der Waals surface area contributed by atoms with Gasteiger partial charge >= 0.3 is 0 Å². The smallest absolute Gasteiger partial charge is 0.0406 e. The van der Waals surface area contributed by atoms with Crippen LogP contribution >= 0.6 is 11.6 Å². The molecule has 0 aromatic heterocycles. The van der Waals surface area contributed by atoms with Gasteiger partial charge in [-0.3, -0.25) is 0 Å². The van der Waals surface area contributed by atoms with E-state index >= 15 is 0 Å². The highest BCUT2D eigenvalue weighted by molar-refractivity contribution is 6.30. The molecule has 0 aliphatic heterocycles. The van der Waals surface area contributed by atoms with Gasteiger partial charge in [-0.1, -0.05) is 37.6 Å². The second-order valence-corrected chi connectivity index (χ2v) is 5.99. The van der Waals surface area contributed by atoms with Crippen LogP contribution in [0.4, 0.5) is 0 Å². The van der Waals surface area contributed by atoms with Crippen LogP contribution in [0.5, 0.6) is 0 Å². The van der Waals surface area contributed by atoms with E-state index in [-0.39, 0.29) is 0 Å². The van der Waals surface area contributed by atoms with Gasteiger partial charge < -0.3 is 10.2 Å². The Morgan fingerprint density at radius 3 is 2.11 bits per heavy atom. The molecule has 0 amide bonds. The number of nitrogens with one attached hydrogen (secondary N) is 1. The van der Waals surface area contributed by atoms with Crippen molar-refractivity contribution in [1.82, 2.24) is 10.2 Å². The first-order valence-electron chi connectivity index (χ1n) is 6.56. The van der Waals surface area contributed by atoms with Gasteiger partial charge in [0, 0.05) is 23.7 Å². The molecule has 1 rings (SSSR count). The van der Waals surface area contributed by atoms with Crippen molar-refractivity contribution in [1.29, 1.82) is 0 Å². The molecule has 0 radical (unpaired) electrons. The van der Waals surface area contributed by atoms with Crippen LogP contribution in [0, 0.1) is 5.92 Å². The van der Waals surface area contributed by atoms with Crippen molar-refractivity contribution >= 4 is 11.6 Å². The molecule has 1 aromatic carbocycles. The fraction of sp³-hybridized carbons (Fsp3) is 0.600. The van der Waals surface area contributed by atoms with Crippen molar-refractivity contribution in [2.45, 2.75) is 32.9 Å². The van der Waals surface area contributed by atoms with Crippen LogP contribution in [-0.4, -0.2) is 31.6 Å². The van der Waals surface area contributed by atoms with Gasteiger partial charge in [0.2, 0.25) is 0 Å². The van der Waals surface area contributed by atoms with Gasteiger partial charge in [0.15, 0.2) is 0 Å². The number of hydrogen-bond acceptors (Lipinski definition) is 2. The number of rotatable bonds is 6. The Balaban J connectivity index is 2.65. The lowest BCUT2D eigenvalue weighted by Crippen LogP contribution is -2.43. The van der Waals surface area contributed by atoms with Crippen LogP contribution in [0.15, 0.2) is 24.3 Å². The third-order valence-electron chi connectivity index (χ3n) is 3.20. The molecule has 3 heteroatoms. The quantitative estimate of drug-likeness (QED) is 0.848. The van der Waals surface area contributed by atoms with Crippen molar-refractivity contribution in [3.8, 4) is 0 Å². The monoisotopic (exact) mass is 268 g/mol. The fourth-order valence-electron chi connectivity index (χ4n) is 2.02. The molecule has 0 aliphatic carbocycles. The van der Waals surface area contributed by atoms with E-state index in [4.69, 9.17) is 11.6 Å². The molecule has 2 nitrogen and oxygen atoms in total. The molecule has 2 unspecified atom stereocenters. The number of benzene rings is 1. The van der Waals surface area contributed by atoms with Crippen LogP contribution in [0.25, 0.3) is 0 Å². The molecule has 102 valence electrons. The number of halogens is 1. The minimum absolute atomic E-state index is 0.342. The average Bonchev–Trinajstić information content (AvgIpc) is 2.28. The average molecular weight is 269 g/mol. The van der Waals surface area contributed by atoms with Gasteiger partial charge in [-0.15, -0.1) is 0 Å². The van der Waals surface area contributed by atoms with E-state index in [9.17, 15) is 0 Å². The lowest BCUT2D eigenvalue weighted by molar-refractivity contribution is 0.273. The summed E-state index contributed by atoms with van der Waals surface area (Å²) in [7, 11) is 4.23. The van der Waals surface area contributed by atoms with Gasteiger partial charge in [-0.25, -0.2) is 0 Å². The first kappa shape index (κ1) is 15.5. The van der Waals surface area contributed by atoms with Crippen LogP contribution in [0.3, 0.4) is 0 Å². The Kier molecular flexibility index (Phi) is 6.13. The summed E-state index contributed by atoms with van der Waals surface area (Å²) in [6.07, 6.45) is 0. The van der Waals surface area contributed by atoms with Crippen LogP contribution < -0.4 is 5.32 Å². The number of nitrogens with zero attached hydrogens (tertiary/aromatic N) is 1. The Bertz CT molecular complexity index is 346. The zero-order chi connectivity index (χ0) is 13.7. The molecule has 0 fully saturated rings. The summed E-state index contributed by atoms with van der Waals surface area (Å²) in [5.74, 6) is 0.613. The summed E-state index contributed by atoms with van der Waals surface area (Å²) in [6, 6.07) is 8.91. The van der Waals surface area contributed by atoms with E-state index in [2.05, 4.69) is 57.2 Å². The van der Waals surface area contributed by atoms with Crippen LogP contribution in [-0.2, 0) is 0 Å². The van der Waals surface area contributed by atoms with Gasteiger partial charge in [0.25, 0.3) is 0 Å². The molecule has 0 spiro atoms. The van der Waals surface area contributed by atoms with E-state index < -0.39 is 0 Å². The van der Waals surface area contributed by atoms with Crippen molar-refractivity contribution < 1.29 is 0 Å². The molecular weight excluding hydrogens is 244 g/mol. The fourth-order valence-corrected chi connectivity index (χ4v) is 2.14. The third-order valence-corrected chi connectivity index (χ3v) is 3.45. The summed E-state index contributed by atoms with van der Waals surface area (Å²) < 4.78 is 0. The summed E-state index contributed by atoms with van der Waals surface area (Å²) in [5, 5.41) is 4.49. The predicted molar refractivity (Wildman–Crippen MR) is 80.2 cm³/mol. The Morgan fingerprint density at radius 2 is 1.67 bits per heavy atom. The number of hydrogen-bond donors (Lipinski definition) is 1. The molecule has 18 heavy (non-hydrogen) atoms. The second kappa shape index (κ2) is 7.13. The standard InChI is InChI=1S/C15H25ClN2/c1-11(2)15(10-18(4)5)17-12(3)13-6-8-14(16)9-7-13/h6-9,11-12,15,17H,10H2,1-5H3. The van der Waals surface area contributed by atoms with Gasteiger partial charge in [0.05, 0.1) is 0 Å². The molecular formula is C15H25ClN2. The summed E-state index contributed by atoms with van der Waals surface area (Å²) in [4.78, 5) is 2.23. The van der Waals surface area contributed by atoms with Gasteiger partial charge in [-0.05, 0) is 44.6 Å². The summed E-state index contributed by atoms with van der Waals surface area (Å²) >= 11 is 5.91. The maximum absolute atomic E-state index is 5.91. The van der Waals surface area contributed by atoms with Crippen LogP contribution in [0.2, 0.25) is 5.02 Å². The summed E-state index contributed by atoms with van der Waals surface area (Å²) in [5.41, 5.74) is 1.28. The van der Waals surface area contributed by atoms with Crippen LogP contribution in [0.1, 0.15) is 32.4 Å². The molecule has 0 heterocycles. The number of likely N-dealkylation sites (N-methyl/N-ethyl adjacent to an activating group) is 1. The van der Waals surface area contributed by atoms with Crippen molar-refractivity contribution in [3.63, 3.8) is 0 Å². The second-order valence-electron chi connectivity index (χ2n) is 5.55. The Labute approximate surface area is 116 Å². The minimum Gasteiger partial charge on any atom is -0.308 e. The Morgan fingerprint density at radius 1 is 1.11 bits per heavy atom. The molecule has 0 saturated heterocycles.